The molecule has 0 saturated carbocycles. The largest absolute Gasteiger partial charge is 0.477 e. The summed E-state index contributed by atoms with van der Waals surface area (Å²) in [4.78, 5) is 21.0. The highest BCUT2D eigenvalue weighted by Gasteiger charge is 2.20. The summed E-state index contributed by atoms with van der Waals surface area (Å²) in [5.41, 5.74) is -0.416. The van der Waals surface area contributed by atoms with Crippen molar-refractivity contribution in [3.63, 3.8) is 0 Å². The lowest BCUT2D eigenvalue weighted by molar-refractivity contribution is -0.385. The number of nitrogens with one attached hydrogen (secondary N) is 1. The molecule has 0 radical (unpaired) electrons. The molecule has 0 fully saturated rings. The Bertz CT molecular complexity index is 650. The maximum absolute atomic E-state index is 10.9. The standard InChI is InChI=1S/C11H10N4O4/c1-14-5-4-10(13-14)12-7-2-3-8(11(16)17)9(6-7)15(18)19/h2-6H,1H3,(H,12,13)(H,16,17). The molecule has 1 aromatic carbocycles. The van der Waals surface area contributed by atoms with Crippen LogP contribution >= 0.6 is 0 Å². The zero-order valence-corrected chi connectivity index (χ0v) is 9.90. The smallest absolute Gasteiger partial charge is 0.342 e. The van der Waals surface area contributed by atoms with Gasteiger partial charge in [-0.1, -0.05) is 0 Å². The molecule has 2 aromatic rings. The Morgan fingerprint density at radius 1 is 1.47 bits per heavy atom. The fourth-order valence-corrected chi connectivity index (χ4v) is 1.57. The molecule has 2 rings (SSSR count). The van der Waals surface area contributed by atoms with Gasteiger partial charge in [-0.3, -0.25) is 14.8 Å². The first-order valence-corrected chi connectivity index (χ1v) is 5.26. The molecular formula is C11H10N4O4. The third-order valence-electron chi connectivity index (χ3n) is 2.41. The number of aryl methyl sites for hydroxylation is 1. The van der Waals surface area contributed by atoms with Crippen molar-refractivity contribution in [3.05, 3.63) is 46.1 Å². The number of nitrogens with zero attached hydrogens (tertiary/aromatic N) is 3. The molecule has 0 unspecified atom stereocenters. The summed E-state index contributed by atoms with van der Waals surface area (Å²) in [5.74, 6) is -0.823. The van der Waals surface area contributed by atoms with Crippen LogP contribution < -0.4 is 5.32 Å². The van der Waals surface area contributed by atoms with E-state index < -0.39 is 16.6 Å². The molecule has 0 saturated heterocycles. The summed E-state index contributed by atoms with van der Waals surface area (Å²) in [6, 6.07) is 5.49. The SMILES string of the molecule is Cn1ccc(Nc2ccc(C(=O)O)c([N+](=O)[O-])c2)n1. The number of anilines is 2. The summed E-state index contributed by atoms with van der Waals surface area (Å²) >= 11 is 0. The van der Waals surface area contributed by atoms with Crippen LogP contribution in [0.5, 0.6) is 0 Å². The molecule has 0 aliphatic rings. The lowest BCUT2D eigenvalue weighted by Crippen LogP contribution is -2.03. The van der Waals surface area contributed by atoms with E-state index in [2.05, 4.69) is 10.4 Å². The van der Waals surface area contributed by atoms with Crippen LogP contribution in [-0.2, 0) is 7.05 Å². The Morgan fingerprint density at radius 3 is 2.74 bits per heavy atom. The first-order valence-electron chi connectivity index (χ1n) is 5.26. The number of carbonyl (C=O) groups is 1. The van der Waals surface area contributed by atoms with Gasteiger partial charge in [0, 0.05) is 31.1 Å². The fraction of sp³-hybridized carbons (Fsp3) is 0.0909. The van der Waals surface area contributed by atoms with Crippen LogP contribution in [0.2, 0.25) is 0 Å². The van der Waals surface area contributed by atoms with E-state index >= 15 is 0 Å². The van der Waals surface area contributed by atoms with Crippen LogP contribution in [0.4, 0.5) is 17.2 Å². The molecule has 0 bridgehead atoms. The van der Waals surface area contributed by atoms with E-state index in [1.54, 1.807) is 24.0 Å². The molecule has 0 aliphatic heterocycles. The fourth-order valence-electron chi connectivity index (χ4n) is 1.57. The van der Waals surface area contributed by atoms with Crippen molar-refractivity contribution >= 4 is 23.2 Å². The number of hydrogen-bond acceptors (Lipinski definition) is 5. The van der Waals surface area contributed by atoms with Gasteiger partial charge in [-0.2, -0.15) is 5.10 Å². The molecule has 98 valence electrons. The van der Waals surface area contributed by atoms with Crippen LogP contribution in [-0.4, -0.2) is 25.8 Å². The quantitative estimate of drug-likeness (QED) is 0.641. The van der Waals surface area contributed by atoms with E-state index in [-0.39, 0.29) is 5.56 Å². The molecule has 8 heteroatoms. The maximum Gasteiger partial charge on any atom is 0.342 e. The third-order valence-corrected chi connectivity index (χ3v) is 2.41. The minimum Gasteiger partial charge on any atom is -0.477 e. The van der Waals surface area contributed by atoms with Gasteiger partial charge in [-0.15, -0.1) is 0 Å². The highest BCUT2D eigenvalue weighted by Crippen LogP contribution is 2.25. The van der Waals surface area contributed by atoms with Crippen molar-refractivity contribution in [1.82, 2.24) is 9.78 Å². The molecule has 0 spiro atoms. The predicted octanol–water partition coefficient (Wildman–Crippen LogP) is 1.77. The number of aromatic carboxylic acids is 1. The van der Waals surface area contributed by atoms with E-state index in [4.69, 9.17) is 5.11 Å². The highest BCUT2D eigenvalue weighted by atomic mass is 16.6. The third kappa shape index (κ3) is 2.68. The number of benzene rings is 1. The van der Waals surface area contributed by atoms with Gasteiger partial charge in [0.05, 0.1) is 4.92 Å². The zero-order valence-electron chi connectivity index (χ0n) is 9.90. The van der Waals surface area contributed by atoms with Gasteiger partial charge < -0.3 is 10.4 Å². The topological polar surface area (TPSA) is 110 Å². The van der Waals surface area contributed by atoms with Crippen LogP contribution in [0.1, 0.15) is 10.4 Å². The molecule has 0 atom stereocenters. The van der Waals surface area contributed by atoms with Gasteiger partial charge in [0.1, 0.15) is 5.56 Å². The van der Waals surface area contributed by atoms with Gasteiger partial charge in [-0.25, -0.2) is 4.79 Å². The van der Waals surface area contributed by atoms with E-state index in [9.17, 15) is 14.9 Å². The number of rotatable bonds is 4. The first-order chi connectivity index (χ1) is 8.97. The number of aromatic nitrogens is 2. The summed E-state index contributed by atoms with van der Waals surface area (Å²) in [6.45, 7) is 0. The molecule has 1 heterocycles. The highest BCUT2D eigenvalue weighted by molar-refractivity contribution is 5.93. The van der Waals surface area contributed by atoms with Crippen LogP contribution in [0.15, 0.2) is 30.5 Å². The van der Waals surface area contributed by atoms with Crippen molar-refractivity contribution in [1.29, 1.82) is 0 Å². The van der Waals surface area contributed by atoms with E-state index in [1.807, 2.05) is 0 Å². The second kappa shape index (κ2) is 4.77. The van der Waals surface area contributed by atoms with E-state index in [0.29, 0.717) is 11.5 Å². The van der Waals surface area contributed by atoms with Crippen LogP contribution in [0.3, 0.4) is 0 Å². The molecular weight excluding hydrogens is 252 g/mol. The van der Waals surface area contributed by atoms with Gasteiger partial charge in [0.2, 0.25) is 0 Å². The minimum atomic E-state index is -1.34. The number of carboxylic acid groups (broad SMARTS) is 1. The van der Waals surface area contributed by atoms with Crippen molar-refractivity contribution in [2.75, 3.05) is 5.32 Å². The van der Waals surface area contributed by atoms with Crippen molar-refractivity contribution < 1.29 is 14.8 Å². The zero-order chi connectivity index (χ0) is 14.0. The van der Waals surface area contributed by atoms with Gasteiger partial charge >= 0.3 is 5.97 Å². The Balaban J connectivity index is 2.35. The summed E-state index contributed by atoms with van der Waals surface area (Å²) in [7, 11) is 1.74. The second-order valence-electron chi connectivity index (χ2n) is 3.79. The van der Waals surface area contributed by atoms with E-state index in [1.165, 1.54) is 12.1 Å². The van der Waals surface area contributed by atoms with Gasteiger partial charge in [0.25, 0.3) is 5.69 Å². The Morgan fingerprint density at radius 2 is 2.21 bits per heavy atom. The minimum absolute atomic E-state index is 0.350. The normalized spacial score (nSPS) is 10.2. The van der Waals surface area contributed by atoms with Crippen molar-refractivity contribution in [3.8, 4) is 0 Å². The first kappa shape index (κ1) is 12.6. The summed E-state index contributed by atoms with van der Waals surface area (Å²) in [5, 5.41) is 26.6. The molecule has 0 amide bonds. The molecule has 8 nitrogen and oxygen atoms in total. The molecule has 19 heavy (non-hydrogen) atoms. The molecule has 0 aliphatic carbocycles. The number of nitro groups is 1. The van der Waals surface area contributed by atoms with Crippen LogP contribution in [0.25, 0.3) is 0 Å². The number of carboxylic acids is 1. The lowest BCUT2D eigenvalue weighted by Gasteiger charge is -2.04. The Kier molecular flexibility index (Phi) is 3.15. The summed E-state index contributed by atoms with van der Waals surface area (Å²) in [6.07, 6.45) is 1.71. The Labute approximate surface area is 107 Å². The van der Waals surface area contributed by atoms with Gasteiger partial charge in [0.15, 0.2) is 5.82 Å². The Hall–Kier alpha value is -2.90. The molecule has 2 N–H and O–H groups in total. The van der Waals surface area contributed by atoms with Crippen molar-refractivity contribution in [2.24, 2.45) is 7.05 Å². The average Bonchev–Trinajstić information content (AvgIpc) is 2.74. The second-order valence-corrected chi connectivity index (χ2v) is 3.79. The monoisotopic (exact) mass is 262 g/mol. The van der Waals surface area contributed by atoms with E-state index in [0.717, 1.165) is 6.07 Å². The lowest BCUT2D eigenvalue weighted by atomic mass is 10.1. The maximum atomic E-state index is 10.9. The molecule has 1 aromatic heterocycles. The average molecular weight is 262 g/mol. The van der Waals surface area contributed by atoms with Crippen molar-refractivity contribution in [2.45, 2.75) is 0 Å². The number of hydrogen-bond donors (Lipinski definition) is 2. The van der Waals surface area contributed by atoms with Crippen LogP contribution in [0, 0.1) is 10.1 Å². The summed E-state index contributed by atoms with van der Waals surface area (Å²) < 4.78 is 1.57. The van der Waals surface area contributed by atoms with Gasteiger partial charge in [-0.05, 0) is 12.1 Å². The number of nitro benzene ring substituents is 1. The predicted molar refractivity (Wildman–Crippen MR) is 66.5 cm³/mol.